The first-order valence-electron chi connectivity index (χ1n) is 6.36. The molecule has 0 aliphatic carbocycles. The number of aromatic amines is 1. The number of aromatic nitrogens is 3. The van der Waals surface area contributed by atoms with Crippen molar-refractivity contribution >= 4 is 11.6 Å². The van der Waals surface area contributed by atoms with Crippen molar-refractivity contribution in [1.29, 1.82) is 0 Å². The van der Waals surface area contributed by atoms with Crippen molar-refractivity contribution in [2.75, 3.05) is 12.4 Å². The van der Waals surface area contributed by atoms with Gasteiger partial charge in [-0.2, -0.15) is 0 Å². The minimum Gasteiger partial charge on any atom is -0.481 e. The van der Waals surface area contributed by atoms with Crippen molar-refractivity contribution in [2.45, 2.75) is 20.3 Å². The smallest absolute Gasteiger partial charge is 0.254 e. The molecule has 0 saturated heterocycles. The fourth-order valence-corrected chi connectivity index (χ4v) is 1.90. The molecule has 0 aliphatic rings. The first-order chi connectivity index (χ1) is 9.99. The lowest BCUT2D eigenvalue weighted by Gasteiger charge is -2.07. The maximum absolute atomic E-state index is 12.0. The predicted octanol–water partition coefficient (Wildman–Crippen LogP) is 0.972. The van der Waals surface area contributed by atoms with Gasteiger partial charge in [0.1, 0.15) is 5.82 Å². The molecule has 0 spiro atoms. The third kappa shape index (κ3) is 3.65. The lowest BCUT2D eigenvalue weighted by atomic mass is 10.1. The van der Waals surface area contributed by atoms with Gasteiger partial charge in [-0.05, 0) is 19.9 Å². The molecule has 7 heteroatoms. The fraction of sp³-hybridized carbons (Fsp3) is 0.286. The molecular weight excluding hydrogens is 272 g/mol. The number of methoxy groups -OCH3 is 1. The van der Waals surface area contributed by atoms with Gasteiger partial charge in [0.15, 0.2) is 0 Å². The van der Waals surface area contributed by atoms with Crippen molar-refractivity contribution in [3.63, 3.8) is 0 Å². The third-order valence-electron chi connectivity index (χ3n) is 2.91. The molecule has 2 N–H and O–H groups in total. The van der Waals surface area contributed by atoms with Crippen LogP contribution in [0.4, 0.5) is 5.69 Å². The highest BCUT2D eigenvalue weighted by atomic mass is 16.5. The van der Waals surface area contributed by atoms with Gasteiger partial charge in [0.2, 0.25) is 11.8 Å². The maximum Gasteiger partial charge on any atom is 0.254 e. The topological polar surface area (TPSA) is 97.0 Å². The molecule has 2 heterocycles. The number of nitrogens with one attached hydrogen (secondary N) is 2. The Morgan fingerprint density at radius 1 is 1.38 bits per heavy atom. The molecule has 7 nitrogen and oxygen atoms in total. The highest BCUT2D eigenvalue weighted by Gasteiger charge is 2.12. The van der Waals surface area contributed by atoms with Crippen LogP contribution in [-0.4, -0.2) is 28.0 Å². The van der Waals surface area contributed by atoms with E-state index in [4.69, 9.17) is 4.74 Å². The highest BCUT2D eigenvalue weighted by molar-refractivity contribution is 5.92. The Hall–Kier alpha value is -2.70. The normalized spacial score (nSPS) is 10.2. The highest BCUT2D eigenvalue weighted by Crippen LogP contribution is 2.11. The summed E-state index contributed by atoms with van der Waals surface area (Å²) in [6, 6.07) is 3.31. The zero-order chi connectivity index (χ0) is 15.4. The molecule has 0 bridgehead atoms. The van der Waals surface area contributed by atoms with E-state index < -0.39 is 0 Å². The van der Waals surface area contributed by atoms with Crippen LogP contribution in [0.5, 0.6) is 5.88 Å². The number of ether oxygens (including phenoxy) is 1. The SMILES string of the molecule is COc1ccc(NC(=O)Cc2c(C)nc(C)[nH]c2=O)cn1. The Bertz CT molecular complexity index is 707. The van der Waals surface area contributed by atoms with Gasteiger partial charge in [-0.25, -0.2) is 9.97 Å². The lowest BCUT2D eigenvalue weighted by molar-refractivity contribution is -0.115. The Morgan fingerprint density at radius 3 is 2.71 bits per heavy atom. The Kier molecular flexibility index (Phi) is 4.32. The number of H-pyrrole nitrogens is 1. The molecule has 0 fully saturated rings. The predicted molar refractivity (Wildman–Crippen MR) is 77.5 cm³/mol. The minimum atomic E-state index is -0.304. The number of carbonyl (C=O) groups is 1. The molecule has 1 amide bonds. The van der Waals surface area contributed by atoms with E-state index in [2.05, 4.69) is 20.3 Å². The number of rotatable bonds is 4. The largest absolute Gasteiger partial charge is 0.481 e. The van der Waals surface area contributed by atoms with E-state index in [0.29, 0.717) is 28.6 Å². The van der Waals surface area contributed by atoms with Crippen LogP contribution in [0.2, 0.25) is 0 Å². The van der Waals surface area contributed by atoms with Crippen molar-refractivity contribution < 1.29 is 9.53 Å². The second kappa shape index (κ2) is 6.17. The summed E-state index contributed by atoms with van der Waals surface area (Å²) in [6.45, 7) is 3.40. The number of anilines is 1. The quantitative estimate of drug-likeness (QED) is 0.873. The first kappa shape index (κ1) is 14.7. The van der Waals surface area contributed by atoms with E-state index in [9.17, 15) is 9.59 Å². The van der Waals surface area contributed by atoms with Crippen LogP contribution in [0.25, 0.3) is 0 Å². The summed E-state index contributed by atoms with van der Waals surface area (Å²) in [5.41, 5.74) is 1.16. The summed E-state index contributed by atoms with van der Waals surface area (Å²) in [5, 5.41) is 2.67. The Labute approximate surface area is 121 Å². The Balaban J connectivity index is 2.10. The number of hydrogen-bond acceptors (Lipinski definition) is 5. The summed E-state index contributed by atoms with van der Waals surface area (Å²) >= 11 is 0. The standard InChI is InChI=1S/C14H16N4O3/c1-8-11(14(20)17-9(2)16-8)6-12(19)18-10-4-5-13(21-3)15-7-10/h4-5,7H,6H2,1-3H3,(H,18,19)(H,16,17,20). The summed E-state index contributed by atoms with van der Waals surface area (Å²) in [6.07, 6.45) is 1.45. The summed E-state index contributed by atoms with van der Waals surface area (Å²) in [4.78, 5) is 34.5. The van der Waals surface area contributed by atoms with Crippen molar-refractivity contribution in [1.82, 2.24) is 15.0 Å². The number of amides is 1. The number of carbonyl (C=O) groups excluding carboxylic acids is 1. The fourth-order valence-electron chi connectivity index (χ4n) is 1.90. The van der Waals surface area contributed by atoms with Gasteiger partial charge in [0.05, 0.1) is 25.4 Å². The van der Waals surface area contributed by atoms with Crippen LogP contribution in [0.3, 0.4) is 0 Å². The molecular formula is C14H16N4O3. The third-order valence-corrected chi connectivity index (χ3v) is 2.91. The van der Waals surface area contributed by atoms with E-state index >= 15 is 0 Å². The van der Waals surface area contributed by atoms with E-state index in [-0.39, 0.29) is 17.9 Å². The summed E-state index contributed by atoms with van der Waals surface area (Å²) < 4.78 is 4.93. The molecule has 0 atom stereocenters. The van der Waals surface area contributed by atoms with Gasteiger partial charge < -0.3 is 15.0 Å². The van der Waals surface area contributed by atoms with Crippen molar-refractivity contribution in [2.24, 2.45) is 0 Å². The zero-order valence-electron chi connectivity index (χ0n) is 12.1. The minimum absolute atomic E-state index is 0.0412. The molecule has 0 unspecified atom stereocenters. The first-order valence-corrected chi connectivity index (χ1v) is 6.36. The number of hydrogen-bond donors (Lipinski definition) is 2. The molecule has 0 radical (unpaired) electrons. The Morgan fingerprint density at radius 2 is 2.14 bits per heavy atom. The zero-order valence-corrected chi connectivity index (χ0v) is 12.1. The summed E-state index contributed by atoms with van der Waals surface area (Å²) in [5.74, 6) is 0.685. The maximum atomic E-state index is 12.0. The molecule has 0 saturated carbocycles. The van der Waals surface area contributed by atoms with E-state index in [1.54, 1.807) is 26.0 Å². The number of pyridine rings is 1. The average Bonchev–Trinajstić information content (AvgIpc) is 2.43. The number of aryl methyl sites for hydroxylation is 2. The van der Waals surface area contributed by atoms with E-state index in [1.807, 2.05) is 0 Å². The van der Waals surface area contributed by atoms with Gasteiger partial charge in [-0.1, -0.05) is 0 Å². The van der Waals surface area contributed by atoms with Gasteiger partial charge in [0.25, 0.3) is 5.56 Å². The van der Waals surface area contributed by atoms with Gasteiger partial charge >= 0.3 is 0 Å². The van der Waals surface area contributed by atoms with Crippen LogP contribution < -0.4 is 15.6 Å². The van der Waals surface area contributed by atoms with E-state index in [1.165, 1.54) is 13.3 Å². The van der Waals surface area contributed by atoms with Crippen LogP contribution in [-0.2, 0) is 11.2 Å². The van der Waals surface area contributed by atoms with Crippen molar-refractivity contribution in [3.8, 4) is 5.88 Å². The lowest BCUT2D eigenvalue weighted by Crippen LogP contribution is -2.24. The average molecular weight is 288 g/mol. The van der Waals surface area contributed by atoms with Gasteiger partial charge in [0, 0.05) is 17.3 Å². The van der Waals surface area contributed by atoms with Crippen LogP contribution >= 0.6 is 0 Å². The van der Waals surface area contributed by atoms with Crippen molar-refractivity contribution in [3.05, 3.63) is 45.8 Å². The second-order valence-corrected chi connectivity index (χ2v) is 4.53. The molecule has 2 aromatic heterocycles. The monoisotopic (exact) mass is 288 g/mol. The second-order valence-electron chi connectivity index (χ2n) is 4.53. The van der Waals surface area contributed by atoms with E-state index in [0.717, 1.165) is 0 Å². The molecule has 2 aromatic rings. The molecule has 0 aliphatic heterocycles. The van der Waals surface area contributed by atoms with Crippen LogP contribution in [0.1, 0.15) is 17.1 Å². The van der Waals surface area contributed by atoms with Crippen LogP contribution in [0.15, 0.2) is 23.1 Å². The number of nitrogens with zero attached hydrogens (tertiary/aromatic N) is 2. The molecule has 2 rings (SSSR count). The molecule has 0 aromatic carbocycles. The molecule has 110 valence electrons. The molecule has 21 heavy (non-hydrogen) atoms. The van der Waals surface area contributed by atoms with Gasteiger partial charge in [-0.3, -0.25) is 9.59 Å². The van der Waals surface area contributed by atoms with Crippen LogP contribution in [0, 0.1) is 13.8 Å². The van der Waals surface area contributed by atoms with Gasteiger partial charge in [-0.15, -0.1) is 0 Å². The summed E-state index contributed by atoms with van der Waals surface area (Å²) in [7, 11) is 1.51.